The maximum absolute atomic E-state index is 14.1. The largest absolute Gasteiger partial charge is 0.487 e. The monoisotopic (exact) mass is 576 g/mol. The minimum atomic E-state index is -0.611. The van der Waals surface area contributed by atoms with Crippen molar-refractivity contribution < 1.29 is 14.1 Å². The Balaban J connectivity index is 1.36. The minimum Gasteiger partial charge on any atom is -0.487 e. The third-order valence-corrected chi connectivity index (χ3v) is 7.68. The van der Waals surface area contributed by atoms with Crippen molar-refractivity contribution in [3.63, 3.8) is 0 Å². The Morgan fingerprint density at radius 2 is 1.70 bits per heavy atom. The highest BCUT2D eigenvalue weighted by molar-refractivity contribution is 6.00. The summed E-state index contributed by atoms with van der Waals surface area (Å²) < 4.78 is 12.3. The van der Waals surface area contributed by atoms with Crippen LogP contribution in [0.5, 0.6) is 5.75 Å². The number of H-pyrrole nitrogens is 1. The number of aromatic amines is 1. The molecule has 2 aromatic heterocycles. The second kappa shape index (κ2) is 11.0. The van der Waals surface area contributed by atoms with Crippen molar-refractivity contribution in [2.75, 3.05) is 0 Å². The zero-order chi connectivity index (χ0) is 30.3. The molecule has 218 valence electrons. The van der Waals surface area contributed by atoms with Crippen molar-refractivity contribution in [1.82, 2.24) is 19.7 Å². The molecule has 0 spiro atoms. The molecule has 43 heavy (non-hydrogen) atoms. The van der Waals surface area contributed by atoms with Gasteiger partial charge in [-0.05, 0) is 62.1 Å². The highest BCUT2D eigenvalue weighted by atomic mass is 16.5. The molecule has 3 aromatic carbocycles. The number of nitrogens with one attached hydrogen (secondary N) is 1. The fraction of sp³-hybridized carbons (Fsp3) is 0.265. The number of ether oxygens (including phenoxy) is 1. The summed E-state index contributed by atoms with van der Waals surface area (Å²) in [7, 11) is 0. The van der Waals surface area contributed by atoms with E-state index in [-0.39, 0.29) is 17.8 Å². The molecule has 0 radical (unpaired) electrons. The number of carbonyl (C=O) groups excluding carboxylic acids is 1. The lowest BCUT2D eigenvalue weighted by Gasteiger charge is -2.31. The van der Waals surface area contributed by atoms with Gasteiger partial charge in [0.15, 0.2) is 11.6 Å². The summed E-state index contributed by atoms with van der Waals surface area (Å²) in [5, 5.41) is 3.84. The van der Waals surface area contributed by atoms with Crippen LogP contribution in [0.4, 0.5) is 0 Å². The number of aryl methyl sites for hydroxylation is 2. The van der Waals surface area contributed by atoms with E-state index in [9.17, 15) is 14.4 Å². The second-order valence-corrected chi connectivity index (χ2v) is 11.5. The number of hydrogen-bond acceptors (Lipinski definition) is 7. The molecule has 0 fully saturated rings. The Hall–Kier alpha value is -5.05. The van der Waals surface area contributed by atoms with Crippen LogP contribution in [-0.2, 0) is 12.8 Å². The van der Waals surface area contributed by atoms with Crippen molar-refractivity contribution in [3.05, 3.63) is 116 Å². The zero-order valence-electron chi connectivity index (χ0n) is 24.6. The number of aromatic nitrogens is 4. The van der Waals surface area contributed by atoms with Gasteiger partial charge >= 0.3 is 5.76 Å². The number of carbonyl (C=O) groups is 1. The molecular weight excluding hydrogens is 544 g/mol. The second-order valence-electron chi connectivity index (χ2n) is 11.5. The number of Topliss-reactive ketones (excluding diaryl/α,β-unsaturated/α-hetero) is 1. The van der Waals surface area contributed by atoms with Gasteiger partial charge in [-0.2, -0.15) is 0 Å². The van der Waals surface area contributed by atoms with Crippen molar-refractivity contribution in [2.45, 2.75) is 59.0 Å². The third kappa shape index (κ3) is 5.46. The van der Waals surface area contributed by atoms with Gasteiger partial charge in [-0.3, -0.25) is 23.7 Å². The van der Waals surface area contributed by atoms with Gasteiger partial charge in [-0.25, -0.2) is 9.78 Å². The normalized spacial score (nSPS) is 13.9. The van der Waals surface area contributed by atoms with Gasteiger partial charge in [0.25, 0.3) is 5.56 Å². The first kappa shape index (κ1) is 28.1. The topological polar surface area (TPSA) is 120 Å². The van der Waals surface area contributed by atoms with Gasteiger partial charge in [0.05, 0.1) is 23.4 Å². The Kier molecular flexibility index (Phi) is 7.17. The van der Waals surface area contributed by atoms with Crippen LogP contribution in [-0.4, -0.2) is 31.1 Å². The molecule has 1 N–H and O–H groups in total. The molecule has 0 saturated heterocycles. The van der Waals surface area contributed by atoms with Crippen LogP contribution in [0.3, 0.4) is 0 Å². The molecular formula is C34H32N4O5. The lowest BCUT2D eigenvalue weighted by molar-refractivity contribution is 0.0620. The van der Waals surface area contributed by atoms with Crippen molar-refractivity contribution in [2.24, 2.45) is 0 Å². The van der Waals surface area contributed by atoms with Crippen molar-refractivity contribution in [1.29, 1.82) is 0 Å². The standard InChI is InChI=1S/C34H32N4O5/c1-5-8-28-26(17-21-11-13-22(14-12-21)24-9-6-7-10-25(24)31-36-33(41)43-37-31)32(40)38(20(2)35-28)23-15-16-30-27(18-23)29(39)19-34(3,4)42-30/h6-7,9-16,18H,5,8,17,19H2,1-4H3,(H,36,37,41). The summed E-state index contributed by atoms with van der Waals surface area (Å²) >= 11 is 0. The fourth-order valence-electron chi connectivity index (χ4n) is 5.72. The average molecular weight is 577 g/mol. The number of rotatable bonds is 7. The summed E-state index contributed by atoms with van der Waals surface area (Å²) in [6.07, 6.45) is 2.21. The van der Waals surface area contributed by atoms with E-state index >= 15 is 0 Å². The number of nitrogens with zero attached hydrogens (tertiary/aromatic N) is 3. The van der Waals surface area contributed by atoms with E-state index in [0.717, 1.165) is 34.4 Å². The lowest BCUT2D eigenvalue weighted by atomic mass is 9.93. The van der Waals surface area contributed by atoms with Crippen LogP contribution in [0.15, 0.2) is 80.8 Å². The van der Waals surface area contributed by atoms with E-state index in [4.69, 9.17) is 14.2 Å². The predicted octanol–water partition coefficient (Wildman–Crippen LogP) is 5.84. The first-order valence-corrected chi connectivity index (χ1v) is 14.4. The van der Waals surface area contributed by atoms with Gasteiger partial charge < -0.3 is 4.74 Å². The number of hydrogen-bond donors (Lipinski definition) is 1. The van der Waals surface area contributed by atoms with E-state index in [0.29, 0.717) is 47.1 Å². The first-order chi connectivity index (χ1) is 20.6. The summed E-state index contributed by atoms with van der Waals surface area (Å²) in [6.45, 7) is 7.67. The highest BCUT2D eigenvalue weighted by Gasteiger charge is 2.33. The smallest absolute Gasteiger partial charge is 0.439 e. The average Bonchev–Trinajstić information content (AvgIpc) is 3.41. The molecule has 0 saturated carbocycles. The van der Waals surface area contributed by atoms with E-state index < -0.39 is 11.4 Å². The van der Waals surface area contributed by atoms with Crippen LogP contribution >= 0.6 is 0 Å². The molecule has 0 aliphatic carbocycles. The Labute approximate surface area is 248 Å². The SMILES string of the molecule is CCCc1nc(C)n(-c2ccc3c(c2)C(=O)CC(C)(C)O3)c(=O)c1Cc1ccc(-c2ccccc2-c2noc(=O)[nH]2)cc1. The molecule has 0 atom stereocenters. The predicted molar refractivity (Wildman–Crippen MR) is 163 cm³/mol. The number of fused-ring (bicyclic) bond motifs is 1. The molecule has 9 heteroatoms. The summed E-state index contributed by atoms with van der Waals surface area (Å²) in [5.74, 6) is 0.840. The van der Waals surface area contributed by atoms with Gasteiger partial charge in [0.2, 0.25) is 0 Å². The van der Waals surface area contributed by atoms with Gasteiger partial charge in [-0.1, -0.05) is 67.0 Å². The third-order valence-electron chi connectivity index (χ3n) is 7.68. The van der Waals surface area contributed by atoms with E-state index in [1.807, 2.05) is 69.3 Å². The first-order valence-electron chi connectivity index (χ1n) is 14.4. The molecule has 1 aliphatic heterocycles. The van der Waals surface area contributed by atoms with Crippen LogP contribution in [0.2, 0.25) is 0 Å². The maximum atomic E-state index is 14.1. The molecule has 5 aromatic rings. The van der Waals surface area contributed by atoms with Crippen molar-refractivity contribution >= 4 is 5.78 Å². The van der Waals surface area contributed by atoms with E-state index in [2.05, 4.69) is 17.1 Å². The van der Waals surface area contributed by atoms with E-state index in [1.165, 1.54) is 0 Å². The van der Waals surface area contributed by atoms with Gasteiger partial charge in [-0.15, -0.1) is 0 Å². The summed E-state index contributed by atoms with van der Waals surface area (Å²) in [4.78, 5) is 46.0. The molecule has 0 amide bonds. The summed E-state index contributed by atoms with van der Waals surface area (Å²) in [6, 6.07) is 20.9. The van der Waals surface area contributed by atoms with Crippen LogP contribution in [0.1, 0.15) is 66.6 Å². The Morgan fingerprint density at radius 3 is 2.40 bits per heavy atom. The molecule has 6 rings (SSSR count). The maximum Gasteiger partial charge on any atom is 0.439 e. The highest BCUT2D eigenvalue weighted by Crippen LogP contribution is 2.34. The lowest BCUT2D eigenvalue weighted by Crippen LogP contribution is -2.36. The quantitative estimate of drug-likeness (QED) is 0.259. The Morgan fingerprint density at radius 1 is 0.953 bits per heavy atom. The molecule has 0 bridgehead atoms. The minimum absolute atomic E-state index is 0.00818. The number of benzene rings is 3. The van der Waals surface area contributed by atoms with Gasteiger partial charge in [0.1, 0.15) is 17.2 Å². The molecule has 9 nitrogen and oxygen atoms in total. The molecule has 0 unspecified atom stereocenters. The van der Waals surface area contributed by atoms with Crippen LogP contribution < -0.4 is 16.1 Å². The molecule has 3 heterocycles. The van der Waals surface area contributed by atoms with Crippen LogP contribution in [0.25, 0.3) is 28.2 Å². The van der Waals surface area contributed by atoms with Crippen LogP contribution in [0, 0.1) is 6.92 Å². The fourth-order valence-corrected chi connectivity index (χ4v) is 5.72. The van der Waals surface area contributed by atoms with Crippen molar-refractivity contribution in [3.8, 4) is 34.0 Å². The number of ketones is 1. The zero-order valence-corrected chi connectivity index (χ0v) is 24.6. The molecule has 1 aliphatic rings. The van der Waals surface area contributed by atoms with Gasteiger partial charge in [0, 0.05) is 17.5 Å². The Bertz CT molecular complexity index is 1960. The van der Waals surface area contributed by atoms with E-state index in [1.54, 1.807) is 22.8 Å². The summed E-state index contributed by atoms with van der Waals surface area (Å²) in [5.41, 5.74) is 5.28.